The molecule has 0 aromatic carbocycles. The average Bonchev–Trinajstić information content (AvgIpc) is 2.83. The molecule has 0 fully saturated rings. The number of rotatable bonds is 5. The van der Waals surface area contributed by atoms with Gasteiger partial charge in [0.25, 0.3) is 15.9 Å². The molecule has 0 unspecified atom stereocenters. The van der Waals surface area contributed by atoms with Crippen LogP contribution >= 0.6 is 11.3 Å². The van der Waals surface area contributed by atoms with Gasteiger partial charge in [-0.2, -0.15) is 4.31 Å². The number of thiophene rings is 1. The number of hydrogen-bond acceptors (Lipinski definition) is 4. The first-order valence-corrected chi connectivity index (χ1v) is 7.51. The van der Waals surface area contributed by atoms with E-state index in [2.05, 4.69) is 17.2 Å². The average molecular weight is 286 g/mol. The normalized spacial score (nSPS) is 10.8. The predicted molar refractivity (Wildman–Crippen MR) is 70.6 cm³/mol. The molecule has 1 N–H and O–H groups in total. The van der Waals surface area contributed by atoms with E-state index in [4.69, 9.17) is 0 Å². The van der Waals surface area contributed by atoms with Crippen LogP contribution in [-0.2, 0) is 14.8 Å². The minimum Gasteiger partial charge on any atom is -0.344 e. The largest absolute Gasteiger partial charge is 0.344 e. The maximum Gasteiger partial charge on any atom is 0.295 e. The van der Waals surface area contributed by atoms with Gasteiger partial charge in [-0.3, -0.25) is 4.79 Å². The van der Waals surface area contributed by atoms with E-state index in [1.165, 1.54) is 22.7 Å². The van der Waals surface area contributed by atoms with Gasteiger partial charge < -0.3 is 5.32 Å². The minimum atomic E-state index is -3.44. The van der Waals surface area contributed by atoms with E-state index in [-0.39, 0.29) is 13.1 Å². The first-order chi connectivity index (χ1) is 8.48. The standard InChI is InChI=1S/C11H14N2O3S2/c1-3-5-10(14)12-7-8-13(2)18(15,16)11-6-4-9-17-11/h4,6,9H,7-8H2,1-2H3,(H,12,14). The molecule has 1 aromatic rings. The molecule has 0 bridgehead atoms. The van der Waals surface area contributed by atoms with Crippen LogP contribution in [0.2, 0.25) is 0 Å². The quantitative estimate of drug-likeness (QED) is 0.802. The highest BCUT2D eigenvalue weighted by atomic mass is 32.2. The van der Waals surface area contributed by atoms with E-state index in [1.807, 2.05) is 0 Å². The van der Waals surface area contributed by atoms with Gasteiger partial charge in [0.15, 0.2) is 0 Å². The first kappa shape index (κ1) is 14.7. The second-order valence-electron chi connectivity index (χ2n) is 3.39. The molecule has 98 valence electrons. The first-order valence-electron chi connectivity index (χ1n) is 5.19. The number of carbonyl (C=O) groups excluding carboxylic acids is 1. The molecule has 0 aliphatic rings. The third-order valence-electron chi connectivity index (χ3n) is 2.11. The second-order valence-corrected chi connectivity index (χ2v) is 6.61. The summed E-state index contributed by atoms with van der Waals surface area (Å²) in [4.78, 5) is 11.1. The van der Waals surface area contributed by atoms with Crippen LogP contribution in [0.5, 0.6) is 0 Å². The minimum absolute atomic E-state index is 0.206. The summed E-state index contributed by atoms with van der Waals surface area (Å²) >= 11 is 1.17. The van der Waals surface area contributed by atoms with Crippen molar-refractivity contribution in [3.05, 3.63) is 17.5 Å². The predicted octanol–water partition coefficient (Wildman–Crippen LogP) is 0.508. The van der Waals surface area contributed by atoms with Crippen molar-refractivity contribution in [2.24, 2.45) is 0 Å². The van der Waals surface area contributed by atoms with E-state index in [1.54, 1.807) is 24.4 Å². The van der Waals surface area contributed by atoms with Crippen molar-refractivity contribution in [3.8, 4) is 11.8 Å². The molecular weight excluding hydrogens is 272 g/mol. The number of likely N-dealkylation sites (N-methyl/N-ethyl adjacent to an activating group) is 1. The SMILES string of the molecule is CC#CC(=O)NCCN(C)S(=O)(=O)c1cccs1. The molecule has 7 heteroatoms. The van der Waals surface area contributed by atoms with Crippen molar-refractivity contribution >= 4 is 27.3 Å². The fourth-order valence-electron chi connectivity index (χ4n) is 1.17. The smallest absolute Gasteiger partial charge is 0.295 e. The molecule has 1 rings (SSSR count). The summed E-state index contributed by atoms with van der Waals surface area (Å²) in [6, 6.07) is 3.24. The summed E-state index contributed by atoms with van der Waals surface area (Å²) in [5, 5.41) is 4.22. The van der Waals surface area contributed by atoms with Crippen molar-refractivity contribution in [1.29, 1.82) is 0 Å². The summed E-state index contributed by atoms with van der Waals surface area (Å²) in [6.45, 7) is 2.00. The molecule has 5 nitrogen and oxygen atoms in total. The number of hydrogen-bond donors (Lipinski definition) is 1. The molecule has 1 amide bonds. The zero-order valence-corrected chi connectivity index (χ0v) is 11.8. The van der Waals surface area contributed by atoms with E-state index in [9.17, 15) is 13.2 Å². The molecule has 18 heavy (non-hydrogen) atoms. The Morgan fingerprint density at radius 1 is 1.56 bits per heavy atom. The lowest BCUT2D eigenvalue weighted by Gasteiger charge is -2.15. The summed E-state index contributed by atoms with van der Waals surface area (Å²) in [5.41, 5.74) is 0. The summed E-state index contributed by atoms with van der Waals surface area (Å²) in [5.74, 6) is 4.38. The van der Waals surface area contributed by atoms with E-state index in [0.29, 0.717) is 4.21 Å². The van der Waals surface area contributed by atoms with Gasteiger partial charge in [-0.25, -0.2) is 8.42 Å². The fourth-order valence-corrected chi connectivity index (χ4v) is 3.54. The van der Waals surface area contributed by atoms with Crippen molar-refractivity contribution in [1.82, 2.24) is 9.62 Å². The number of nitrogens with one attached hydrogen (secondary N) is 1. The number of carbonyl (C=O) groups is 1. The topological polar surface area (TPSA) is 66.5 Å². The molecule has 1 aromatic heterocycles. The number of sulfonamides is 1. The van der Waals surface area contributed by atoms with Crippen LogP contribution in [0, 0.1) is 11.8 Å². The van der Waals surface area contributed by atoms with Gasteiger partial charge in [0.05, 0.1) is 0 Å². The zero-order valence-electron chi connectivity index (χ0n) is 10.1. The third kappa shape index (κ3) is 3.84. The fraction of sp³-hybridized carbons (Fsp3) is 0.364. The van der Waals surface area contributed by atoms with Gasteiger partial charge >= 0.3 is 0 Å². The van der Waals surface area contributed by atoms with Crippen molar-refractivity contribution in [2.75, 3.05) is 20.1 Å². The maximum absolute atomic E-state index is 12.0. The molecule has 0 spiro atoms. The molecule has 1 heterocycles. The molecule has 0 aliphatic carbocycles. The third-order valence-corrected chi connectivity index (χ3v) is 5.34. The monoisotopic (exact) mass is 286 g/mol. The van der Waals surface area contributed by atoms with Gasteiger partial charge in [-0.05, 0) is 24.3 Å². The number of amides is 1. The Kier molecular flexibility index (Phi) is 5.34. The van der Waals surface area contributed by atoms with Crippen LogP contribution in [-0.4, -0.2) is 38.8 Å². The molecule has 0 saturated heterocycles. The Bertz CT molecular complexity index is 553. The van der Waals surface area contributed by atoms with Crippen LogP contribution in [0.25, 0.3) is 0 Å². The highest BCUT2D eigenvalue weighted by Crippen LogP contribution is 2.19. The number of nitrogens with zero attached hydrogens (tertiary/aromatic N) is 1. The van der Waals surface area contributed by atoms with Gasteiger partial charge in [0.1, 0.15) is 4.21 Å². The lowest BCUT2D eigenvalue weighted by atomic mass is 10.5. The Morgan fingerprint density at radius 3 is 2.83 bits per heavy atom. The Morgan fingerprint density at radius 2 is 2.28 bits per heavy atom. The van der Waals surface area contributed by atoms with Crippen molar-refractivity contribution < 1.29 is 13.2 Å². The second kappa shape index (κ2) is 6.54. The van der Waals surface area contributed by atoms with Crippen LogP contribution in [0.1, 0.15) is 6.92 Å². The highest BCUT2D eigenvalue weighted by Gasteiger charge is 2.21. The molecule has 0 aliphatic heterocycles. The maximum atomic E-state index is 12.0. The molecular formula is C11H14N2O3S2. The van der Waals surface area contributed by atoms with Gasteiger partial charge in [0.2, 0.25) is 0 Å². The van der Waals surface area contributed by atoms with Gasteiger partial charge in [-0.15, -0.1) is 11.3 Å². The van der Waals surface area contributed by atoms with E-state index >= 15 is 0 Å². The Balaban J connectivity index is 2.53. The van der Waals surface area contributed by atoms with Crippen LogP contribution < -0.4 is 5.32 Å². The van der Waals surface area contributed by atoms with Crippen molar-refractivity contribution in [3.63, 3.8) is 0 Å². The summed E-state index contributed by atoms with van der Waals surface area (Å²) < 4.78 is 25.5. The van der Waals surface area contributed by atoms with Crippen LogP contribution in [0.4, 0.5) is 0 Å². The van der Waals surface area contributed by atoms with E-state index in [0.717, 1.165) is 0 Å². The molecule has 0 radical (unpaired) electrons. The summed E-state index contributed by atoms with van der Waals surface area (Å²) in [6.07, 6.45) is 0. The van der Waals surface area contributed by atoms with E-state index < -0.39 is 15.9 Å². The highest BCUT2D eigenvalue weighted by molar-refractivity contribution is 7.91. The summed E-state index contributed by atoms with van der Waals surface area (Å²) in [7, 11) is -1.96. The lowest BCUT2D eigenvalue weighted by molar-refractivity contribution is -0.115. The van der Waals surface area contributed by atoms with Crippen LogP contribution in [0.15, 0.2) is 21.7 Å². The van der Waals surface area contributed by atoms with Crippen molar-refractivity contribution in [2.45, 2.75) is 11.1 Å². The Labute approximate surface area is 111 Å². The van der Waals surface area contributed by atoms with Gasteiger partial charge in [-0.1, -0.05) is 12.0 Å². The molecule has 0 saturated carbocycles. The Hall–Kier alpha value is -1.36. The molecule has 0 atom stereocenters. The van der Waals surface area contributed by atoms with Crippen LogP contribution in [0.3, 0.4) is 0 Å². The zero-order chi connectivity index (χ0) is 13.6. The lowest BCUT2D eigenvalue weighted by Crippen LogP contribution is -2.35. The van der Waals surface area contributed by atoms with Gasteiger partial charge in [0, 0.05) is 20.1 Å².